The molecule has 0 radical (unpaired) electrons. The SMILES string of the molecule is C#CC(C)Cc1cc(C)c(C)cc1Cl.C=C(C)CC(C)CCCCC.C=CC.CC. The van der Waals surface area contributed by atoms with E-state index in [9.17, 15) is 0 Å². The van der Waals surface area contributed by atoms with Crippen LogP contribution >= 0.6 is 11.6 Å². The van der Waals surface area contributed by atoms with Crippen LogP contribution in [0.25, 0.3) is 0 Å². The molecule has 1 rings (SSSR count). The molecule has 0 fully saturated rings. The zero-order valence-electron chi connectivity index (χ0n) is 21.5. The lowest BCUT2D eigenvalue weighted by atomic mass is 9.97. The van der Waals surface area contributed by atoms with Crippen molar-refractivity contribution < 1.29 is 0 Å². The van der Waals surface area contributed by atoms with E-state index >= 15 is 0 Å². The Labute approximate surface area is 195 Å². The van der Waals surface area contributed by atoms with Crippen molar-refractivity contribution in [3.8, 4) is 12.3 Å². The molecule has 1 aromatic carbocycles. The normalized spacial score (nSPS) is 11.1. The van der Waals surface area contributed by atoms with E-state index in [1.54, 1.807) is 6.08 Å². The molecule has 2 atom stereocenters. The summed E-state index contributed by atoms with van der Waals surface area (Å²) in [7, 11) is 0. The van der Waals surface area contributed by atoms with Gasteiger partial charge in [-0.25, -0.2) is 0 Å². The van der Waals surface area contributed by atoms with E-state index in [1.807, 2.05) is 33.8 Å². The molecule has 0 aromatic heterocycles. The van der Waals surface area contributed by atoms with Crippen molar-refractivity contribution in [3.05, 3.63) is 58.7 Å². The highest BCUT2D eigenvalue weighted by molar-refractivity contribution is 6.31. The highest BCUT2D eigenvalue weighted by Gasteiger charge is 2.06. The summed E-state index contributed by atoms with van der Waals surface area (Å²) in [5.74, 6) is 3.81. The zero-order valence-corrected chi connectivity index (χ0v) is 22.3. The Morgan fingerprint density at radius 2 is 1.67 bits per heavy atom. The molecule has 1 heteroatoms. The molecule has 0 aliphatic carbocycles. The minimum Gasteiger partial charge on any atom is -0.120 e. The Balaban J connectivity index is -0.000000408. The second-order valence-corrected chi connectivity index (χ2v) is 8.38. The predicted molar refractivity (Wildman–Crippen MR) is 143 cm³/mol. The van der Waals surface area contributed by atoms with Gasteiger partial charge in [-0.3, -0.25) is 0 Å². The molecule has 0 saturated heterocycles. The summed E-state index contributed by atoms with van der Waals surface area (Å²) in [6.45, 7) is 26.1. The van der Waals surface area contributed by atoms with Crippen molar-refractivity contribution in [2.45, 2.75) is 101 Å². The number of terminal acetylenes is 1. The van der Waals surface area contributed by atoms with Crippen molar-refractivity contribution in [2.75, 3.05) is 0 Å². The Kier molecular flexibility index (Phi) is 24.6. The molecular weight excluding hydrogens is 384 g/mol. The van der Waals surface area contributed by atoms with Gasteiger partial charge in [0.05, 0.1) is 0 Å². The number of rotatable bonds is 8. The average Bonchev–Trinajstić information content (AvgIpc) is 2.68. The third-order valence-electron chi connectivity index (χ3n) is 4.47. The number of allylic oxidation sites excluding steroid dienone is 2. The van der Waals surface area contributed by atoms with Gasteiger partial charge in [0.2, 0.25) is 0 Å². The summed E-state index contributed by atoms with van der Waals surface area (Å²) >= 11 is 6.13. The van der Waals surface area contributed by atoms with E-state index in [0.717, 1.165) is 22.9 Å². The Morgan fingerprint density at radius 3 is 2.10 bits per heavy atom. The van der Waals surface area contributed by atoms with Crippen LogP contribution in [0.1, 0.15) is 97.3 Å². The largest absolute Gasteiger partial charge is 0.120 e. The summed E-state index contributed by atoms with van der Waals surface area (Å²) in [4.78, 5) is 0. The first-order valence-corrected chi connectivity index (χ1v) is 11.9. The van der Waals surface area contributed by atoms with Gasteiger partial charge < -0.3 is 0 Å². The van der Waals surface area contributed by atoms with E-state index in [4.69, 9.17) is 18.0 Å². The van der Waals surface area contributed by atoms with Gasteiger partial charge >= 0.3 is 0 Å². The van der Waals surface area contributed by atoms with Crippen LogP contribution in [0.5, 0.6) is 0 Å². The minimum atomic E-state index is 0.245. The van der Waals surface area contributed by atoms with Crippen LogP contribution in [0.2, 0.25) is 5.02 Å². The Morgan fingerprint density at radius 1 is 1.17 bits per heavy atom. The topological polar surface area (TPSA) is 0 Å². The molecule has 0 bridgehead atoms. The lowest BCUT2D eigenvalue weighted by molar-refractivity contribution is 0.492. The molecule has 30 heavy (non-hydrogen) atoms. The fourth-order valence-corrected chi connectivity index (χ4v) is 3.12. The first-order chi connectivity index (χ1) is 14.1. The highest BCUT2D eigenvalue weighted by atomic mass is 35.5. The van der Waals surface area contributed by atoms with Gasteiger partial charge in [0.25, 0.3) is 0 Å². The summed E-state index contributed by atoms with van der Waals surface area (Å²) in [5.41, 5.74) is 4.98. The molecule has 1 aromatic rings. The van der Waals surface area contributed by atoms with Gasteiger partial charge in [0, 0.05) is 10.9 Å². The molecule has 0 aliphatic heterocycles. The second-order valence-electron chi connectivity index (χ2n) is 7.97. The van der Waals surface area contributed by atoms with Crippen LogP contribution < -0.4 is 0 Å². The summed E-state index contributed by atoms with van der Waals surface area (Å²) in [5, 5.41) is 0.829. The summed E-state index contributed by atoms with van der Waals surface area (Å²) < 4.78 is 0. The van der Waals surface area contributed by atoms with Gasteiger partial charge in [-0.1, -0.05) is 89.6 Å². The second kappa shape index (κ2) is 22.2. The Bertz CT molecular complexity index is 604. The number of halogens is 1. The lowest BCUT2D eigenvalue weighted by Gasteiger charge is -2.09. The average molecular weight is 433 g/mol. The number of benzene rings is 1. The van der Waals surface area contributed by atoms with Gasteiger partial charge in [0.15, 0.2) is 0 Å². The molecule has 0 spiro atoms. The third kappa shape index (κ3) is 19.8. The summed E-state index contributed by atoms with van der Waals surface area (Å²) in [6.07, 6.45) is 14.7. The monoisotopic (exact) mass is 432 g/mol. The molecule has 2 unspecified atom stereocenters. The maximum atomic E-state index is 6.13. The predicted octanol–water partition coefficient (Wildman–Crippen LogP) is 10.2. The van der Waals surface area contributed by atoms with E-state index in [-0.39, 0.29) is 5.92 Å². The molecule has 0 N–H and O–H groups in total. The first-order valence-electron chi connectivity index (χ1n) is 11.6. The lowest BCUT2D eigenvalue weighted by Crippen LogP contribution is -1.98. The Hall–Kier alpha value is -1.45. The number of unbranched alkanes of at least 4 members (excludes halogenated alkanes) is 2. The van der Waals surface area contributed by atoms with Gasteiger partial charge in [0.1, 0.15) is 0 Å². The van der Waals surface area contributed by atoms with Crippen molar-refractivity contribution >= 4 is 11.6 Å². The first kappa shape index (κ1) is 33.2. The fraction of sp³-hybridized carbons (Fsp3) is 0.586. The van der Waals surface area contributed by atoms with Gasteiger partial charge in [-0.05, 0) is 69.2 Å². The van der Waals surface area contributed by atoms with E-state index < -0.39 is 0 Å². The number of hydrogen-bond acceptors (Lipinski definition) is 0. The number of aryl methyl sites for hydroxylation is 2. The molecule has 0 amide bonds. The standard InChI is InChI=1S/C13H15Cl.C11H22.C3H6.C2H6/c1-5-9(2)6-12-7-10(3)11(4)8-13(12)14;1-5-6-7-8-11(4)9-10(2)3;1-3-2;1-2/h1,7-9H,6H2,2-4H3;11H,2,5-9H2,1,3-4H3;3H,1H2,2H3;1-2H3. The smallest absolute Gasteiger partial charge is 0.0441 e. The van der Waals surface area contributed by atoms with Crippen LogP contribution in [0.3, 0.4) is 0 Å². The molecular formula is C29H49Cl. The van der Waals surface area contributed by atoms with E-state index in [0.29, 0.717) is 0 Å². The quantitative estimate of drug-likeness (QED) is 0.217. The van der Waals surface area contributed by atoms with Crippen molar-refractivity contribution in [1.29, 1.82) is 0 Å². The highest BCUT2D eigenvalue weighted by Crippen LogP contribution is 2.23. The molecule has 0 nitrogen and oxygen atoms in total. The minimum absolute atomic E-state index is 0.245. The fourth-order valence-electron chi connectivity index (χ4n) is 2.83. The third-order valence-corrected chi connectivity index (χ3v) is 4.82. The van der Waals surface area contributed by atoms with Crippen LogP contribution in [0.15, 0.2) is 36.9 Å². The zero-order chi connectivity index (χ0) is 24.1. The molecule has 0 aliphatic rings. The maximum absolute atomic E-state index is 6.13. The van der Waals surface area contributed by atoms with Gasteiger partial charge in [-0.2, -0.15) is 0 Å². The van der Waals surface area contributed by atoms with Gasteiger partial charge in [-0.15, -0.1) is 25.5 Å². The van der Waals surface area contributed by atoms with E-state index in [1.165, 1.54) is 48.8 Å². The molecule has 0 heterocycles. The van der Waals surface area contributed by atoms with Crippen molar-refractivity contribution in [1.82, 2.24) is 0 Å². The van der Waals surface area contributed by atoms with Crippen molar-refractivity contribution in [3.63, 3.8) is 0 Å². The number of hydrogen-bond donors (Lipinski definition) is 0. The van der Waals surface area contributed by atoms with Crippen LogP contribution in [0, 0.1) is 38.0 Å². The van der Waals surface area contributed by atoms with E-state index in [2.05, 4.69) is 59.8 Å². The van der Waals surface area contributed by atoms with Crippen LogP contribution in [0.4, 0.5) is 0 Å². The molecule has 172 valence electrons. The van der Waals surface area contributed by atoms with Crippen LogP contribution in [-0.4, -0.2) is 0 Å². The van der Waals surface area contributed by atoms with Crippen molar-refractivity contribution in [2.24, 2.45) is 11.8 Å². The summed E-state index contributed by atoms with van der Waals surface area (Å²) in [6, 6.07) is 4.14. The van der Waals surface area contributed by atoms with Crippen LogP contribution in [-0.2, 0) is 6.42 Å². The maximum Gasteiger partial charge on any atom is 0.0441 e. The molecule has 0 saturated carbocycles.